The maximum Gasteiger partial charge on any atom is 0.317 e. The summed E-state index contributed by atoms with van der Waals surface area (Å²) in [6.07, 6.45) is 4.05. The predicted octanol–water partition coefficient (Wildman–Crippen LogP) is 2.16. The zero-order chi connectivity index (χ0) is 17.0. The molecule has 2 fully saturated rings. The fraction of sp³-hybridized carbons (Fsp3) is 0.944. The van der Waals surface area contributed by atoms with Crippen LogP contribution < -0.4 is 5.32 Å². The Morgan fingerprint density at radius 2 is 1.96 bits per heavy atom. The van der Waals surface area contributed by atoms with Crippen LogP contribution in [0.25, 0.3) is 0 Å². The third-order valence-electron chi connectivity index (χ3n) is 5.32. The molecule has 1 heterocycles. The average molecular weight is 325 g/mol. The highest BCUT2D eigenvalue weighted by Gasteiger charge is 2.28. The Bertz CT molecular complexity index is 380. The molecule has 0 bridgehead atoms. The molecule has 5 heteroatoms. The van der Waals surface area contributed by atoms with Gasteiger partial charge in [0, 0.05) is 45.2 Å². The lowest BCUT2D eigenvalue weighted by molar-refractivity contribution is 0.111. The van der Waals surface area contributed by atoms with Gasteiger partial charge in [-0.1, -0.05) is 20.3 Å². The highest BCUT2D eigenvalue weighted by molar-refractivity contribution is 5.74. The Morgan fingerprint density at radius 3 is 2.52 bits per heavy atom. The van der Waals surface area contributed by atoms with E-state index in [-0.39, 0.29) is 24.1 Å². The number of rotatable bonds is 5. The van der Waals surface area contributed by atoms with Gasteiger partial charge >= 0.3 is 6.03 Å². The molecular weight excluding hydrogens is 290 g/mol. The molecule has 0 aromatic carbocycles. The highest BCUT2D eigenvalue weighted by Crippen LogP contribution is 2.26. The van der Waals surface area contributed by atoms with Crippen LogP contribution in [0.2, 0.25) is 0 Å². The first kappa shape index (κ1) is 18.5. The summed E-state index contributed by atoms with van der Waals surface area (Å²) in [5.41, 5.74) is 0. The Morgan fingerprint density at radius 1 is 1.30 bits per heavy atom. The quantitative estimate of drug-likeness (QED) is 0.814. The smallest absolute Gasteiger partial charge is 0.317 e. The van der Waals surface area contributed by atoms with Gasteiger partial charge in [-0.05, 0) is 38.0 Å². The number of piperidine rings is 1. The molecule has 134 valence electrons. The summed E-state index contributed by atoms with van der Waals surface area (Å²) in [6, 6.07) is 0.130. The molecular formula is C18H35N3O2. The summed E-state index contributed by atoms with van der Waals surface area (Å²) in [5, 5.41) is 13.0. The largest absolute Gasteiger partial charge is 0.393 e. The summed E-state index contributed by atoms with van der Waals surface area (Å²) in [4.78, 5) is 16.5. The molecule has 0 aromatic rings. The summed E-state index contributed by atoms with van der Waals surface area (Å²) in [7, 11) is 1.83. The van der Waals surface area contributed by atoms with Gasteiger partial charge in [0.15, 0.2) is 0 Å². The van der Waals surface area contributed by atoms with Gasteiger partial charge in [-0.15, -0.1) is 0 Å². The van der Waals surface area contributed by atoms with Crippen LogP contribution in [0.1, 0.15) is 46.5 Å². The molecule has 0 spiro atoms. The van der Waals surface area contributed by atoms with E-state index in [0.717, 1.165) is 50.7 Å². The monoisotopic (exact) mass is 325 g/mol. The number of aliphatic hydroxyl groups is 1. The fourth-order valence-electron chi connectivity index (χ4n) is 4.36. The van der Waals surface area contributed by atoms with E-state index in [1.54, 1.807) is 4.90 Å². The molecule has 1 aliphatic carbocycles. The number of amides is 2. The second-order valence-electron chi connectivity index (χ2n) is 8.15. The number of urea groups is 1. The van der Waals surface area contributed by atoms with Crippen LogP contribution in [-0.2, 0) is 0 Å². The molecule has 1 saturated heterocycles. The molecule has 23 heavy (non-hydrogen) atoms. The van der Waals surface area contributed by atoms with Crippen molar-refractivity contribution < 1.29 is 9.90 Å². The van der Waals surface area contributed by atoms with Crippen molar-refractivity contribution in [2.45, 2.75) is 58.6 Å². The van der Waals surface area contributed by atoms with Crippen LogP contribution in [-0.4, -0.2) is 66.3 Å². The Hall–Kier alpha value is -0.810. The average Bonchev–Trinajstić information content (AvgIpc) is 2.82. The van der Waals surface area contributed by atoms with Gasteiger partial charge in [-0.25, -0.2) is 4.79 Å². The number of nitrogens with one attached hydrogen (secondary N) is 1. The van der Waals surface area contributed by atoms with Gasteiger partial charge in [0.1, 0.15) is 0 Å². The van der Waals surface area contributed by atoms with Gasteiger partial charge in [-0.3, -0.25) is 0 Å². The number of aliphatic hydroxyl groups excluding tert-OH is 1. The molecule has 2 N–H and O–H groups in total. The van der Waals surface area contributed by atoms with E-state index in [4.69, 9.17) is 0 Å². The molecule has 0 radical (unpaired) electrons. The topological polar surface area (TPSA) is 55.8 Å². The third kappa shape index (κ3) is 5.64. The van der Waals surface area contributed by atoms with E-state index >= 15 is 0 Å². The number of hydrogen-bond acceptors (Lipinski definition) is 3. The minimum absolute atomic E-state index is 0.0188. The molecule has 0 aromatic heterocycles. The molecule has 1 aliphatic heterocycles. The van der Waals surface area contributed by atoms with Crippen molar-refractivity contribution >= 4 is 6.03 Å². The SMILES string of the molecule is CC1CC(C)CN(CC(C)NC(=O)N(C)CC2CCCC2O)C1. The second kappa shape index (κ2) is 8.34. The fourth-order valence-corrected chi connectivity index (χ4v) is 4.36. The van der Waals surface area contributed by atoms with E-state index in [1.165, 1.54) is 6.42 Å². The van der Waals surface area contributed by atoms with Crippen molar-refractivity contribution in [2.75, 3.05) is 33.2 Å². The molecule has 2 rings (SSSR count). The van der Waals surface area contributed by atoms with Crippen LogP contribution in [0.5, 0.6) is 0 Å². The van der Waals surface area contributed by atoms with Crippen molar-refractivity contribution in [3.8, 4) is 0 Å². The van der Waals surface area contributed by atoms with E-state index in [2.05, 4.69) is 31.0 Å². The lowest BCUT2D eigenvalue weighted by Gasteiger charge is -2.36. The van der Waals surface area contributed by atoms with Crippen LogP contribution in [0.4, 0.5) is 4.79 Å². The first-order valence-corrected chi connectivity index (χ1v) is 9.27. The van der Waals surface area contributed by atoms with Crippen LogP contribution in [0, 0.1) is 17.8 Å². The van der Waals surface area contributed by atoms with Crippen molar-refractivity contribution in [2.24, 2.45) is 17.8 Å². The van der Waals surface area contributed by atoms with E-state index in [0.29, 0.717) is 6.54 Å². The highest BCUT2D eigenvalue weighted by atomic mass is 16.3. The standard InChI is InChI=1S/C18H35N3O2/c1-13-8-14(2)10-21(9-13)11-15(3)19-18(23)20(4)12-16-6-5-7-17(16)22/h13-17,22H,5-12H2,1-4H3,(H,19,23). The maximum atomic E-state index is 12.3. The molecule has 2 aliphatic rings. The first-order valence-electron chi connectivity index (χ1n) is 9.27. The minimum Gasteiger partial charge on any atom is -0.393 e. The Labute approximate surface area is 141 Å². The number of carbonyl (C=O) groups is 1. The van der Waals surface area contributed by atoms with Crippen molar-refractivity contribution in [1.82, 2.24) is 15.1 Å². The maximum absolute atomic E-state index is 12.3. The van der Waals surface area contributed by atoms with Gasteiger partial charge in [0.05, 0.1) is 6.10 Å². The van der Waals surface area contributed by atoms with Gasteiger partial charge in [-0.2, -0.15) is 0 Å². The first-order chi connectivity index (χ1) is 10.8. The second-order valence-corrected chi connectivity index (χ2v) is 8.15. The zero-order valence-electron chi connectivity index (χ0n) is 15.3. The summed E-state index contributed by atoms with van der Waals surface area (Å²) in [6.45, 7) is 10.5. The zero-order valence-corrected chi connectivity index (χ0v) is 15.3. The Balaban J connectivity index is 1.73. The predicted molar refractivity (Wildman–Crippen MR) is 93.4 cm³/mol. The minimum atomic E-state index is -0.237. The van der Waals surface area contributed by atoms with Crippen LogP contribution >= 0.6 is 0 Å². The number of hydrogen-bond donors (Lipinski definition) is 2. The third-order valence-corrected chi connectivity index (χ3v) is 5.32. The van der Waals surface area contributed by atoms with Gasteiger partial charge in [0.25, 0.3) is 0 Å². The molecule has 5 unspecified atom stereocenters. The van der Waals surface area contributed by atoms with Crippen molar-refractivity contribution in [3.05, 3.63) is 0 Å². The summed E-state index contributed by atoms with van der Waals surface area (Å²) in [5.74, 6) is 1.73. The summed E-state index contributed by atoms with van der Waals surface area (Å²) < 4.78 is 0. The van der Waals surface area contributed by atoms with Crippen LogP contribution in [0.3, 0.4) is 0 Å². The van der Waals surface area contributed by atoms with E-state index < -0.39 is 0 Å². The van der Waals surface area contributed by atoms with Crippen molar-refractivity contribution in [3.63, 3.8) is 0 Å². The lowest BCUT2D eigenvalue weighted by Crippen LogP contribution is -2.50. The van der Waals surface area contributed by atoms with Crippen LogP contribution in [0.15, 0.2) is 0 Å². The number of nitrogens with zero attached hydrogens (tertiary/aromatic N) is 2. The normalized spacial score (nSPS) is 33.4. The lowest BCUT2D eigenvalue weighted by atomic mass is 9.92. The van der Waals surface area contributed by atoms with E-state index in [1.807, 2.05) is 7.05 Å². The summed E-state index contributed by atoms with van der Waals surface area (Å²) >= 11 is 0. The Kier molecular flexibility index (Phi) is 6.72. The number of likely N-dealkylation sites (tertiary alicyclic amines) is 1. The number of carbonyl (C=O) groups excluding carboxylic acids is 1. The molecule has 1 saturated carbocycles. The van der Waals surface area contributed by atoms with E-state index in [9.17, 15) is 9.90 Å². The van der Waals surface area contributed by atoms with Gasteiger partial charge in [0.2, 0.25) is 0 Å². The molecule has 5 nitrogen and oxygen atoms in total. The van der Waals surface area contributed by atoms with Crippen molar-refractivity contribution in [1.29, 1.82) is 0 Å². The molecule has 2 amide bonds. The molecule has 5 atom stereocenters. The van der Waals surface area contributed by atoms with Gasteiger partial charge < -0.3 is 20.2 Å².